The van der Waals surface area contributed by atoms with Gasteiger partial charge >= 0.3 is 0 Å². The molecule has 2 aromatic rings. The van der Waals surface area contributed by atoms with Crippen molar-refractivity contribution in [3.63, 3.8) is 0 Å². The van der Waals surface area contributed by atoms with Crippen LogP contribution in [-0.2, 0) is 6.54 Å². The van der Waals surface area contributed by atoms with E-state index in [1.54, 1.807) is 12.5 Å². The van der Waals surface area contributed by atoms with Crippen molar-refractivity contribution in [1.29, 1.82) is 0 Å². The van der Waals surface area contributed by atoms with E-state index in [1.807, 2.05) is 37.5 Å². The molecule has 1 N–H and O–H groups in total. The quantitative estimate of drug-likeness (QED) is 0.880. The number of aryl methyl sites for hydroxylation is 3. The van der Waals surface area contributed by atoms with Crippen LogP contribution in [0.15, 0.2) is 30.7 Å². The highest BCUT2D eigenvalue weighted by atomic mass is 16.3. The van der Waals surface area contributed by atoms with Crippen LogP contribution in [0, 0.1) is 13.8 Å². The van der Waals surface area contributed by atoms with Gasteiger partial charge in [0.05, 0.1) is 18.2 Å². The summed E-state index contributed by atoms with van der Waals surface area (Å²) >= 11 is 0. The minimum atomic E-state index is -0.600. The molecular weight excluding hydrogens is 212 g/mol. The summed E-state index contributed by atoms with van der Waals surface area (Å²) < 4.78 is 1.96. The Kier molecular flexibility index (Phi) is 3.29. The smallest absolute Gasteiger partial charge is 0.121 e. The molecule has 0 aliphatic carbocycles. The first-order chi connectivity index (χ1) is 8.13. The molecule has 1 aromatic carbocycles. The summed E-state index contributed by atoms with van der Waals surface area (Å²) in [6, 6.07) is 6.14. The molecule has 0 aliphatic rings. The van der Waals surface area contributed by atoms with E-state index in [1.165, 1.54) is 0 Å². The molecule has 17 heavy (non-hydrogen) atoms. The first kappa shape index (κ1) is 11.9. The maximum atomic E-state index is 10.4. The van der Waals surface area contributed by atoms with Crippen molar-refractivity contribution in [3.05, 3.63) is 53.1 Å². The maximum absolute atomic E-state index is 10.4. The van der Waals surface area contributed by atoms with Gasteiger partial charge < -0.3 is 9.67 Å². The summed E-state index contributed by atoms with van der Waals surface area (Å²) in [5, 5.41) is 10.4. The van der Waals surface area contributed by atoms with E-state index in [0.717, 1.165) is 28.9 Å². The zero-order valence-electron chi connectivity index (χ0n) is 10.5. The normalized spacial score (nSPS) is 12.7. The largest absolute Gasteiger partial charge is 0.382 e. The third-order valence-electron chi connectivity index (χ3n) is 3.09. The summed E-state index contributed by atoms with van der Waals surface area (Å²) in [7, 11) is 0. The molecule has 1 atom stereocenters. The zero-order valence-corrected chi connectivity index (χ0v) is 10.5. The van der Waals surface area contributed by atoms with Crippen molar-refractivity contribution in [2.75, 3.05) is 0 Å². The third-order valence-corrected chi connectivity index (χ3v) is 3.09. The number of rotatable bonds is 3. The van der Waals surface area contributed by atoms with Crippen molar-refractivity contribution in [2.45, 2.75) is 33.4 Å². The minimum absolute atomic E-state index is 0.600. The van der Waals surface area contributed by atoms with E-state index in [4.69, 9.17) is 0 Å². The minimum Gasteiger partial charge on any atom is -0.382 e. The number of benzene rings is 1. The average Bonchev–Trinajstić information content (AvgIpc) is 2.79. The summed E-state index contributed by atoms with van der Waals surface area (Å²) in [5.41, 5.74) is 4.07. The van der Waals surface area contributed by atoms with Crippen molar-refractivity contribution in [2.24, 2.45) is 0 Å². The summed E-state index contributed by atoms with van der Waals surface area (Å²) in [6.07, 6.45) is 2.89. The molecule has 1 aromatic heterocycles. The lowest BCUT2D eigenvalue weighted by atomic mass is 9.99. The van der Waals surface area contributed by atoms with E-state index in [9.17, 15) is 5.11 Å². The highest BCUT2D eigenvalue weighted by Gasteiger charge is 2.16. The molecule has 1 heterocycles. The first-order valence-corrected chi connectivity index (χ1v) is 5.88. The Morgan fingerprint density at radius 2 is 2.12 bits per heavy atom. The fraction of sp³-hybridized carbons (Fsp3) is 0.357. The Labute approximate surface area is 102 Å². The van der Waals surface area contributed by atoms with E-state index >= 15 is 0 Å². The molecule has 3 nitrogen and oxygen atoms in total. The lowest BCUT2D eigenvalue weighted by Crippen LogP contribution is -2.08. The molecule has 0 aliphatic heterocycles. The second-order valence-corrected chi connectivity index (χ2v) is 4.37. The van der Waals surface area contributed by atoms with Crippen LogP contribution in [0.2, 0.25) is 0 Å². The van der Waals surface area contributed by atoms with Gasteiger partial charge in [0, 0.05) is 6.54 Å². The molecule has 90 valence electrons. The molecule has 0 fully saturated rings. The molecule has 0 bridgehead atoms. The fourth-order valence-electron chi connectivity index (χ4n) is 2.04. The first-order valence-electron chi connectivity index (χ1n) is 5.88. The zero-order chi connectivity index (χ0) is 12.4. The lowest BCUT2D eigenvalue weighted by Gasteiger charge is -2.16. The summed E-state index contributed by atoms with van der Waals surface area (Å²) in [5.74, 6) is 0. The van der Waals surface area contributed by atoms with Crippen LogP contribution >= 0.6 is 0 Å². The maximum Gasteiger partial charge on any atom is 0.121 e. The van der Waals surface area contributed by atoms with Gasteiger partial charge in [0.1, 0.15) is 6.10 Å². The van der Waals surface area contributed by atoms with Gasteiger partial charge in [0.2, 0.25) is 0 Å². The van der Waals surface area contributed by atoms with Gasteiger partial charge in [-0.05, 0) is 31.9 Å². The van der Waals surface area contributed by atoms with Crippen LogP contribution in [0.1, 0.15) is 35.4 Å². The highest BCUT2D eigenvalue weighted by Crippen LogP contribution is 2.25. The molecule has 0 radical (unpaired) electrons. The number of imidazole rings is 1. The van der Waals surface area contributed by atoms with Gasteiger partial charge in [0.15, 0.2) is 0 Å². The Bertz CT molecular complexity index is 517. The topological polar surface area (TPSA) is 38.0 Å². The second-order valence-electron chi connectivity index (χ2n) is 4.37. The third kappa shape index (κ3) is 2.24. The molecule has 2 rings (SSSR count). The number of nitrogens with zero attached hydrogens (tertiary/aromatic N) is 2. The molecular formula is C14H18N2O. The van der Waals surface area contributed by atoms with Crippen molar-refractivity contribution in [3.8, 4) is 0 Å². The SMILES string of the molecule is CCn1cncc1C(O)c1cc(C)ccc1C. The Morgan fingerprint density at radius 3 is 2.82 bits per heavy atom. The predicted molar refractivity (Wildman–Crippen MR) is 67.9 cm³/mol. The average molecular weight is 230 g/mol. The van der Waals surface area contributed by atoms with Gasteiger partial charge in [-0.3, -0.25) is 0 Å². The van der Waals surface area contributed by atoms with Crippen molar-refractivity contribution in [1.82, 2.24) is 9.55 Å². The van der Waals surface area contributed by atoms with E-state index in [2.05, 4.69) is 11.1 Å². The Morgan fingerprint density at radius 1 is 1.35 bits per heavy atom. The van der Waals surface area contributed by atoms with Crippen LogP contribution < -0.4 is 0 Å². The van der Waals surface area contributed by atoms with Crippen LogP contribution in [0.25, 0.3) is 0 Å². The van der Waals surface area contributed by atoms with Crippen LogP contribution in [-0.4, -0.2) is 14.7 Å². The van der Waals surface area contributed by atoms with Crippen molar-refractivity contribution >= 4 is 0 Å². The van der Waals surface area contributed by atoms with Gasteiger partial charge in [-0.15, -0.1) is 0 Å². The molecule has 3 heteroatoms. The van der Waals surface area contributed by atoms with Gasteiger partial charge in [-0.25, -0.2) is 4.98 Å². The Balaban J connectivity index is 2.43. The summed E-state index contributed by atoms with van der Waals surface area (Å²) in [6.45, 7) is 6.91. The van der Waals surface area contributed by atoms with Crippen LogP contribution in [0.5, 0.6) is 0 Å². The molecule has 0 spiro atoms. The van der Waals surface area contributed by atoms with Crippen LogP contribution in [0.3, 0.4) is 0 Å². The van der Waals surface area contributed by atoms with Gasteiger partial charge in [0.25, 0.3) is 0 Å². The molecule has 0 amide bonds. The lowest BCUT2D eigenvalue weighted by molar-refractivity contribution is 0.209. The Hall–Kier alpha value is -1.61. The predicted octanol–water partition coefficient (Wildman–Crippen LogP) is 2.60. The fourth-order valence-corrected chi connectivity index (χ4v) is 2.04. The van der Waals surface area contributed by atoms with Gasteiger partial charge in [-0.1, -0.05) is 23.8 Å². The van der Waals surface area contributed by atoms with E-state index in [-0.39, 0.29) is 0 Å². The van der Waals surface area contributed by atoms with E-state index in [0.29, 0.717) is 0 Å². The van der Waals surface area contributed by atoms with Gasteiger partial charge in [-0.2, -0.15) is 0 Å². The molecule has 1 unspecified atom stereocenters. The standard InChI is InChI=1S/C14H18N2O/c1-4-16-9-15-8-13(16)14(17)12-7-10(2)5-6-11(12)3/h5-9,14,17H,4H2,1-3H3. The number of hydrogen-bond donors (Lipinski definition) is 1. The number of aromatic nitrogens is 2. The molecule has 0 saturated carbocycles. The molecule has 0 saturated heterocycles. The van der Waals surface area contributed by atoms with Crippen LogP contribution in [0.4, 0.5) is 0 Å². The summed E-state index contributed by atoms with van der Waals surface area (Å²) in [4.78, 5) is 4.09. The number of hydrogen-bond acceptors (Lipinski definition) is 2. The number of aliphatic hydroxyl groups is 1. The monoisotopic (exact) mass is 230 g/mol. The van der Waals surface area contributed by atoms with E-state index < -0.39 is 6.10 Å². The van der Waals surface area contributed by atoms with Crippen molar-refractivity contribution < 1.29 is 5.11 Å². The highest BCUT2D eigenvalue weighted by molar-refractivity contribution is 5.35. The number of aliphatic hydroxyl groups excluding tert-OH is 1. The second kappa shape index (κ2) is 4.72.